The van der Waals surface area contributed by atoms with E-state index in [0.29, 0.717) is 0 Å². The second-order valence-corrected chi connectivity index (χ2v) is 5.86. The number of nitrogens with one attached hydrogen (secondary N) is 1. The van der Waals surface area contributed by atoms with Gasteiger partial charge >= 0.3 is 0 Å². The van der Waals surface area contributed by atoms with Gasteiger partial charge in [0, 0.05) is 43.3 Å². The first-order chi connectivity index (χ1) is 10.3. The van der Waals surface area contributed by atoms with E-state index >= 15 is 0 Å². The molecule has 2 heterocycles. The molecule has 0 radical (unpaired) electrons. The fourth-order valence-corrected chi connectivity index (χ4v) is 2.98. The van der Waals surface area contributed by atoms with E-state index in [0.717, 1.165) is 62.0 Å². The summed E-state index contributed by atoms with van der Waals surface area (Å²) in [5, 5.41) is 4.15. The van der Waals surface area contributed by atoms with Crippen molar-refractivity contribution in [3.05, 3.63) is 41.8 Å². The van der Waals surface area contributed by atoms with Crippen LogP contribution in [0.3, 0.4) is 0 Å². The summed E-state index contributed by atoms with van der Waals surface area (Å²) < 4.78 is 2.22. The van der Waals surface area contributed by atoms with Crippen LogP contribution in [0.25, 0.3) is 11.3 Å². The van der Waals surface area contributed by atoms with Gasteiger partial charge in [-0.05, 0) is 25.1 Å². The minimum absolute atomic E-state index is 0.765. The molecule has 1 aromatic carbocycles. The highest BCUT2D eigenvalue weighted by Crippen LogP contribution is 2.22. The lowest BCUT2D eigenvalue weighted by Gasteiger charge is -2.27. The van der Waals surface area contributed by atoms with Crippen LogP contribution >= 0.6 is 11.6 Å². The molecule has 2 aromatic rings. The van der Waals surface area contributed by atoms with E-state index in [1.807, 2.05) is 30.7 Å². The van der Waals surface area contributed by atoms with Crippen LogP contribution < -0.4 is 5.32 Å². The SMILES string of the molecule is Clc1cccc(-c2cncn2CCCN2CCNCC2)c1. The average Bonchev–Trinajstić information content (AvgIpc) is 2.97. The standard InChI is InChI=1S/C16H21ClN4/c17-15-4-1-3-14(11-15)16-12-19-13-21(16)8-2-7-20-9-5-18-6-10-20/h1,3-4,11-13,18H,2,5-10H2. The lowest BCUT2D eigenvalue weighted by Crippen LogP contribution is -2.43. The molecule has 0 spiro atoms. The Bertz CT molecular complexity index is 575. The average molecular weight is 305 g/mol. The molecular formula is C16H21ClN4. The predicted molar refractivity (Wildman–Crippen MR) is 86.6 cm³/mol. The summed E-state index contributed by atoms with van der Waals surface area (Å²) in [6, 6.07) is 7.95. The van der Waals surface area contributed by atoms with Gasteiger partial charge in [0.1, 0.15) is 0 Å². The summed E-state index contributed by atoms with van der Waals surface area (Å²) in [5.74, 6) is 0. The molecule has 0 atom stereocenters. The first kappa shape index (κ1) is 14.6. The maximum Gasteiger partial charge on any atom is 0.0950 e. The Kier molecular flexibility index (Phi) is 4.91. The van der Waals surface area contributed by atoms with Gasteiger partial charge in [0.15, 0.2) is 0 Å². The monoisotopic (exact) mass is 304 g/mol. The summed E-state index contributed by atoms with van der Waals surface area (Å²) in [4.78, 5) is 6.81. The van der Waals surface area contributed by atoms with Crippen LogP contribution in [0, 0.1) is 0 Å². The van der Waals surface area contributed by atoms with Crippen LogP contribution in [0.5, 0.6) is 0 Å². The number of piperazine rings is 1. The molecule has 0 amide bonds. The lowest BCUT2D eigenvalue weighted by atomic mass is 10.1. The van der Waals surface area contributed by atoms with Gasteiger partial charge in [0.25, 0.3) is 0 Å². The minimum Gasteiger partial charge on any atom is -0.331 e. The Hall–Kier alpha value is -1.36. The van der Waals surface area contributed by atoms with E-state index in [-0.39, 0.29) is 0 Å². The van der Waals surface area contributed by atoms with Gasteiger partial charge in [-0.15, -0.1) is 0 Å². The molecule has 1 aromatic heterocycles. The molecule has 4 nitrogen and oxygen atoms in total. The highest BCUT2D eigenvalue weighted by atomic mass is 35.5. The van der Waals surface area contributed by atoms with Crippen LogP contribution in [0.4, 0.5) is 0 Å². The highest BCUT2D eigenvalue weighted by Gasteiger charge is 2.10. The van der Waals surface area contributed by atoms with Gasteiger partial charge in [0.05, 0.1) is 18.2 Å². The smallest absolute Gasteiger partial charge is 0.0950 e. The number of halogens is 1. The first-order valence-corrected chi connectivity index (χ1v) is 7.90. The van der Waals surface area contributed by atoms with E-state index in [9.17, 15) is 0 Å². The lowest BCUT2D eigenvalue weighted by molar-refractivity contribution is 0.235. The number of nitrogens with zero attached hydrogens (tertiary/aromatic N) is 3. The molecule has 112 valence electrons. The van der Waals surface area contributed by atoms with Crippen LogP contribution in [0.1, 0.15) is 6.42 Å². The van der Waals surface area contributed by atoms with E-state index in [1.165, 1.54) is 0 Å². The van der Waals surface area contributed by atoms with Crippen LogP contribution in [-0.4, -0.2) is 47.2 Å². The normalized spacial score (nSPS) is 16.2. The van der Waals surface area contributed by atoms with E-state index in [1.54, 1.807) is 0 Å². The van der Waals surface area contributed by atoms with Gasteiger partial charge in [-0.25, -0.2) is 4.98 Å². The molecule has 5 heteroatoms. The van der Waals surface area contributed by atoms with Crippen molar-refractivity contribution in [2.75, 3.05) is 32.7 Å². The number of aromatic nitrogens is 2. The molecule has 1 aliphatic heterocycles. The topological polar surface area (TPSA) is 33.1 Å². The zero-order chi connectivity index (χ0) is 14.5. The van der Waals surface area contributed by atoms with Gasteiger partial charge in [-0.2, -0.15) is 0 Å². The maximum atomic E-state index is 6.08. The second-order valence-electron chi connectivity index (χ2n) is 5.43. The molecule has 21 heavy (non-hydrogen) atoms. The van der Waals surface area contributed by atoms with Crippen molar-refractivity contribution in [1.29, 1.82) is 0 Å². The van der Waals surface area contributed by atoms with Crippen LogP contribution in [0.15, 0.2) is 36.8 Å². The fraction of sp³-hybridized carbons (Fsp3) is 0.438. The van der Waals surface area contributed by atoms with Crippen molar-refractivity contribution in [1.82, 2.24) is 19.8 Å². The Morgan fingerprint density at radius 2 is 2.05 bits per heavy atom. The number of hydrogen-bond donors (Lipinski definition) is 1. The Balaban J connectivity index is 1.60. The molecule has 3 rings (SSSR count). The van der Waals surface area contributed by atoms with Gasteiger partial charge in [-0.1, -0.05) is 23.7 Å². The number of hydrogen-bond acceptors (Lipinski definition) is 3. The summed E-state index contributed by atoms with van der Waals surface area (Å²) in [7, 11) is 0. The first-order valence-electron chi connectivity index (χ1n) is 7.52. The van der Waals surface area contributed by atoms with Crippen molar-refractivity contribution in [2.24, 2.45) is 0 Å². The van der Waals surface area contributed by atoms with Crippen molar-refractivity contribution in [2.45, 2.75) is 13.0 Å². The van der Waals surface area contributed by atoms with Gasteiger partial charge < -0.3 is 14.8 Å². The predicted octanol–water partition coefficient (Wildman–Crippen LogP) is 2.50. The highest BCUT2D eigenvalue weighted by molar-refractivity contribution is 6.30. The Labute approximate surface area is 130 Å². The van der Waals surface area contributed by atoms with Crippen molar-refractivity contribution < 1.29 is 0 Å². The number of aryl methyl sites for hydroxylation is 1. The van der Waals surface area contributed by atoms with E-state index in [4.69, 9.17) is 11.6 Å². The molecule has 0 unspecified atom stereocenters. The Morgan fingerprint density at radius 1 is 1.19 bits per heavy atom. The number of rotatable bonds is 5. The zero-order valence-corrected chi connectivity index (χ0v) is 12.9. The quantitative estimate of drug-likeness (QED) is 0.921. The third-order valence-corrected chi connectivity index (χ3v) is 4.15. The molecule has 1 saturated heterocycles. The van der Waals surface area contributed by atoms with Crippen molar-refractivity contribution in [3.8, 4) is 11.3 Å². The van der Waals surface area contributed by atoms with E-state index in [2.05, 4.69) is 25.8 Å². The zero-order valence-electron chi connectivity index (χ0n) is 12.1. The summed E-state index contributed by atoms with van der Waals surface area (Å²) >= 11 is 6.08. The van der Waals surface area contributed by atoms with Gasteiger partial charge in [0.2, 0.25) is 0 Å². The largest absolute Gasteiger partial charge is 0.331 e. The molecular weight excluding hydrogens is 284 g/mol. The van der Waals surface area contributed by atoms with Crippen molar-refractivity contribution in [3.63, 3.8) is 0 Å². The molecule has 0 aliphatic carbocycles. The number of benzene rings is 1. The van der Waals surface area contributed by atoms with Crippen LogP contribution in [0.2, 0.25) is 5.02 Å². The minimum atomic E-state index is 0.765. The van der Waals surface area contributed by atoms with Gasteiger partial charge in [-0.3, -0.25) is 0 Å². The Morgan fingerprint density at radius 3 is 2.86 bits per heavy atom. The van der Waals surface area contributed by atoms with Crippen LogP contribution in [-0.2, 0) is 6.54 Å². The molecule has 0 saturated carbocycles. The maximum absolute atomic E-state index is 6.08. The molecule has 1 N–H and O–H groups in total. The summed E-state index contributed by atoms with van der Waals surface area (Å²) in [6.07, 6.45) is 4.97. The molecule has 0 bridgehead atoms. The van der Waals surface area contributed by atoms with E-state index < -0.39 is 0 Å². The summed E-state index contributed by atoms with van der Waals surface area (Å²) in [6.45, 7) is 6.68. The molecule has 1 aliphatic rings. The second kappa shape index (κ2) is 7.07. The summed E-state index contributed by atoms with van der Waals surface area (Å²) in [5.41, 5.74) is 2.26. The number of imidazole rings is 1. The van der Waals surface area contributed by atoms with Crippen molar-refractivity contribution >= 4 is 11.6 Å². The third kappa shape index (κ3) is 3.84. The third-order valence-electron chi connectivity index (χ3n) is 3.92. The fourth-order valence-electron chi connectivity index (χ4n) is 2.79. The molecule has 1 fully saturated rings.